The van der Waals surface area contributed by atoms with Gasteiger partial charge in [-0.2, -0.15) is 0 Å². The van der Waals surface area contributed by atoms with Crippen LogP contribution in [0.25, 0.3) is 0 Å². The molecule has 0 spiro atoms. The zero-order valence-corrected chi connectivity index (χ0v) is 9.17. The standard InChI is InChI=1S/C13H16S/c1-2-3-4-5-9-12-14-13-10-7-6-8-11-13/h2-5,7,9-11H,1,6,8,12H2/b4-3-,9-5-. The molecule has 0 heterocycles. The molecular formula is C13H16S. The molecule has 0 aromatic carbocycles. The number of allylic oxidation sites excluding steroid dienone is 7. The Balaban J connectivity index is 2.17. The molecule has 0 radical (unpaired) electrons. The van der Waals surface area contributed by atoms with E-state index in [0.29, 0.717) is 0 Å². The van der Waals surface area contributed by atoms with Crippen LogP contribution in [0, 0.1) is 0 Å². The van der Waals surface area contributed by atoms with Crippen LogP contribution in [0.2, 0.25) is 0 Å². The molecule has 0 aliphatic heterocycles. The fraction of sp³-hybridized carbons (Fsp3) is 0.231. The third-order valence-electron chi connectivity index (χ3n) is 1.80. The highest BCUT2D eigenvalue weighted by molar-refractivity contribution is 8.03. The zero-order valence-electron chi connectivity index (χ0n) is 8.36. The van der Waals surface area contributed by atoms with E-state index in [9.17, 15) is 0 Å². The number of hydrogen-bond acceptors (Lipinski definition) is 1. The van der Waals surface area contributed by atoms with Gasteiger partial charge in [0.25, 0.3) is 0 Å². The summed E-state index contributed by atoms with van der Waals surface area (Å²) >= 11 is 1.88. The SMILES string of the molecule is C=C/C=C\C=C/CSC1=CCCC=C1. The van der Waals surface area contributed by atoms with Crippen LogP contribution in [0.5, 0.6) is 0 Å². The summed E-state index contributed by atoms with van der Waals surface area (Å²) in [5.41, 5.74) is 0. The highest BCUT2D eigenvalue weighted by atomic mass is 32.2. The highest BCUT2D eigenvalue weighted by Gasteiger charge is 1.95. The van der Waals surface area contributed by atoms with Crippen LogP contribution in [0.4, 0.5) is 0 Å². The van der Waals surface area contributed by atoms with Crippen molar-refractivity contribution >= 4 is 11.8 Å². The summed E-state index contributed by atoms with van der Waals surface area (Å²) in [6, 6.07) is 0. The van der Waals surface area contributed by atoms with Crippen molar-refractivity contribution in [1.29, 1.82) is 0 Å². The molecule has 14 heavy (non-hydrogen) atoms. The van der Waals surface area contributed by atoms with E-state index in [2.05, 4.69) is 37.0 Å². The minimum Gasteiger partial charge on any atom is -0.122 e. The minimum atomic E-state index is 1.04. The maximum atomic E-state index is 3.61. The number of hydrogen-bond donors (Lipinski definition) is 0. The molecule has 0 fully saturated rings. The monoisotopic (exact) mass is 204 g/mol. The van der Waals surface area contributed by atoms with Gasteiger partial charge in [0.1, 0.15) is 0 Å². The van der Waals surface area contributed by atoms with E-state index in [-0.39, 0.29) is 0 Å². The fourth-order valence-electron chi connectivity index (χ4n) is 1.12. The lowest BCUT2D eigenvalue weighted by Crippen LogP contribution is -1.80. The Morgan fingerprint density at radius 1 is 1.29 bits per heavy atom. The van der Waals surface area contributed by atoms with E-state index in [1.807, 2.05) is 23.9 Å². The maximum absolute atomic E-state index is 3.61. The summed E-state index contributed by atoms with van der Waals surface area (Å²) < 4.78 is 0. The highest BCUT2D eigenvalue weighted by Crippen LogP contribution is 2.21. The summed E-state index contributed by atoms with van der Waals surface area (Å²) in [4.78, 5) is 1.40. The van der Waals surface area contributed by atoms with Gasteiger partial charge in [-0.25, -0.2) is 0 Å². The molecule has 0 atom stereocenters. The van der Waals surface area contributed by atoms with Gasteiger partial charge in [-0.1, -0.05) is 55.2 Å². The van der Waals surface area contributed by atoms with Crippen molar-refractivity contribution in [3.63, 3.8) is 0 Å². The smallest absolute Gasteiger partial charge is 0.0163 e. The molecule has 0 bridgehead atoms. The van der Waals surface area contributed by atoms with Gasteiger partial charge in [-0.15, -0.1) is 11.8 Å². The van der Waals surface area contributed by atoms with Gasteiger partial charge in [0, 0.05) is 10.7 Å². The first-order chi connectivity index (χ1) is 6.93. The molecule has 1 aliphatic rings. The lowest BCUT2D eigenvalue weighted by Gasteiger charge is -2.03. The van der Waals surface area contributed by atoms with Crippen molar-refractivity contribution in [2.24, 2.45) is 0 Å². The van der Waals surface area contributed by atoms with E-state index in [1.54, 1.807) is 6.08 Å². The van der Waals surface area contributed by atoms with Crippen molar-refractivity contribution in [2.45, 2.75) is 12.8 Å². The van der Waals surface area contributed by atoms with Crippen LogP contribution in [0.15, 0.2) is 60.1 Å². The minimum absolute atomic E-state index is 1.04. The molecule has 0 saturated carbocycles. The second-order valence-electron chi connectivity index (χ2n) is 2.95. The van der Waals surface area contributed by atoms with Crippen molar-refractivity contribution in [1.82, 2.24) is 0 Å². The van der Waals surface area contributed by atoms with Crippen LogP contribution in [-0.2, 0) is 0 Å². The zero-order chi connectivity index (χ0) is 10.1. The molecular weight excluding hydrogens is 188 g/mol. The van der Waals surface area contributed by atoms with Crippen molar-refractivity contribution in [3.8, 4) is 0 Å². The molecule has 0 amide bonds. The van der Waals surface area contributed by atoms with E-state index < -0.39 is 0 Å². The van der Waals surface area contributed by atoms with Crippen molar-refractivity contribution < 1.29 is 0 Å². The Morgan fingerprint density at radius 2 is 2.21 bits per heavy atom. The lowest BCUT2D eigenvalue weighted by atomic mass is 10.2. The quantitative estimate of drug-likeness (QED) is 0.603. The van der Waals surface area contributed by atoms with Crippen LogP contribution in [0.3, 0.4) is 0 Å². The molecule has 1 heteroatoms. The molecule has 1 rings (SSSR count). The topological polar surface area (TPSA) is 0 Å². The second-order valence-corrected chi connectivity index (χ2v) is 4.04. The molecule has 0 aromatic heterocycles. The Hall–Kier alpha value is -0.950. The van der Waals surface area contributed by atoms with Crippen LogP contribution in [0.1, 0.15) is 12.8 Å². The normalized spacial score (nSPS) is 16.4. The molecule has 74 valence electrons. The molecule has 0 unspecified atom stereocenters. The first-order valence-electron chi connectivity index (χ1n) is 4.87. The van der Waals surface area contributed by atoms with E-state index in [0.717, 1.165) is 5.75 Å². The summed E-state index contributed by atoms with van der Waals surface area (Å²) in [6.07, 6.45) is 19.1. The predicted molar refractivity (Wildman–Crippen MR) is 67.4 cm³/mol. The Morgan fingerprint density at radius 3 is 2.93 bits per heavy atom. The fourth-order valence-corrected chi connectivity index (χ4v) is 1.95. The average molecular weight is 204 g/mol. The summed E-state index contributed by atoms with van der Waals surface area (Å²) in [5.74, 6) is 1.04. The summed E-state index contributed by atoms with van der Waals surface area (Å²) in [6.45, 7) is 3.61. The second kappa shape index (κ2) is 7.45. The van der Waals surface area contributed by atoms with Crippen LogP contribution >= 0.6 is 11.8 Å². The van der Waals surface area contributed by atoms with E-state index >= 15 is 0 Å². The maximum Gasteiger partial charge on any atom is 0.0163 e. The summed E-state index contributed by atoms with van der Waals surface area (Å²) in [5, 5.41) is 0. The van der Waals surface area contributed by atoms with Gasteiger partial charge in [0.15, 0.2) is 0 Å². The number of rotatable bonds is 5. The van der Waals surface area contributed by atoms with Crippen molar-refractivity contribution in [3.05, 3.63) is 60.1 Å². The van der Waals surface area contributed by atoms with Crippen molar-refractivity contribution in [2.75, 3.05) is 5.75 Å². The van der Waals surface area contributed by atoms with Gasteiger partial charge in [0.2, 0.25) is 0 Å². The van der Waals surface area contributed by atoms with Gasteiger partial charge in [0.05, 0.1) is 0 Å². The molecule has 0 aromatic rings. The number of thioether (sulfide) groups is 1. The van der Waals surface area contributed by atoms with E-state index in [1.165, 1.54) is 17.7 Å². The van der Waals surface area contributed by atoms with Gasteiger partial charge >= 0.3 is 0 Å². The van der Waals surface area contributed by atoms with E-state index in [4.69, 9.17) is 0 Å². The molecule has 0 nitrogen and oxygen atoms in total. The first kappa shape index (κ1) is 11.1. The first-order valence-corrected chi connectivity index (χ1v) is 5.86. The average Bonchev–Trinajstić information content (AvgIpc) is 2.25. The van der Waals surface area contributed by atoms with Gasteiger partial charge in [-0.05, 0) is 12.8 Å². The Kier molecular flexibility index (Phi) is 5.92. The van der Waals surface area contributed by atoms with Gasteiger partial charge < -0.3 is 0 Å². The molecule has 0 saturated heterocycles. The van der Waals surface area contributed by atoms with Gasteiger partial charge in [-0.3, -0.25) is 0 Å². The third-order valence-corrected chi connectivity index (χ3v) is 2.80. The van der Waals surface area contributed by atoms with Crippen LogP contribution < -0.4 is 0 Å². The van der Waals surface area contributed by atoms with Crippen LogP contribution in [-0.4, -0.2) is 5.75 Å². The summed E-state index contributed by atoms with van der Waals surface area (Å²) in [7, 11) is 0. The largest absolute Gasteiger partial charge is 0.122 e. The molecule has 0 N–H and O–H groups in total. The lowest BCUT2D eigenvalue weighted by molar-refractivity contribution is 1.03. The third kappa shape index (κ3) is 4.93. The molecule has 1 aliphatic carbocycles. The Labute approximate surface area is 90.8 Å². The Bertz CT molecular complexity index is 280. The predicted octanol–water partition coefficient (Wildman–Crippen LogP) is 4.25.